The van der Waals surface area contributed by atoms with Gasteiger partial charge in [-0.25, -0.2) is 0 Å². The first-order chi connectivity index (χ1) is 28.9. The lowest BCUT2D eigenvalue weighted by molar-refractivity contribution is 0.288. The summed E-state index contributed by atoms with van der Waals surface area (Å²) in [5, 5.41) is 0. The number of aryl methyl sites for hydroxylation is 2. The van der Waals surface area contributed by atoms with Crippen molar-refractivity contribution in [2.45, 2.75) is 112 Å². The Labute approximate surface area is 368 Å². The molecular formula is C55H63BrN2O2. The van der Waals surface area contributed by atoms with Gasteiger partial charge < -0.3 is 18.4 Å². The van der Waals surface area contributed by atoms with Crippen LogP contribution in [0.3, 0.4) is 0 Å². The molecule has 0 spiro atoms. The topological polar surface area (TPSA) is 24.9 Å². The molecule has 0 bridgehead atoms. The Morgan fingerprint density at radius 1 is 0.767 bits per heavy atom. The molecule has 5 heterocycles. The van der Waals surface area contributed by atoms with Gasteiger partial charge in [-0.15, -0.1) is 0 Å². The molecule has 0 N–H and O–H groups in total. The Hall–Kier alpha value is -4.48. The molecule has 5 heteroatoms. The maximum Gasteiger partial charge on any atom is 0.179 e. The van der Waals surface area contributed by atoms with Crippen LogP contribution < -0.4 is 18.4 Å². The molecule has 0 amide bonds. The number of nitrogens with zero attached hydrogens (tertiary/aromatic N) is 2. The summed E-state index contributed by atoms with van der Waals surface area (Å²) in [6, 6.07) is 15.9. The summed E-state index contributed by atoms with van der Waals surface area (Å²) in [7, 11) is 0. The first kappa shape index (κ1) is 40.9. The largest absolute Gasteiger partial charge is 0.460 e. The Bertz CT molecular complexity index is 2400. The van der Waals surface area contributed by atoms with Crippen LogP contribution in [0.1, 0.15) is 125 Å². The van der Waals surface area contributed by atoms with Crippen molar-refractivity contribution in [2.75, 3.05) is 36.0 Å². The quantitative estimate of drug-likeness (QED) is 0.221. The first-order valence-electron chi connectivity index (χ1n) is 22.7. The van der Waals surface area contributed by atoms with Crippen molar-refractivity contribution in [1.29, 1.82) is 0 Å². The number of hydrogen-bond donors (Lipinski definition) is 0. The molecule has 0 unspecified atom stereocenters. The van der Waals surface area contributed by atoms with Gasteiger partial charge in [-0.1, -0.05) is 109 Å². The van der Waals surface area contributed by atoms with Crippen molar-refractivity contribution < 1.29 is 8.57 Å². The number of fused-ring (bicyclic) bond motifs is 2. The van der Waals surface area contributed by atoms with Crippen molar-refractivity contribution in [1.82, 2.24) is 0 Å². The van der Waals surface area contributed by atoms with Crippen LogP contribution in [0.2, 0.25) is 0 Å². The predicted octanol–water partition coefficient (Wildman–Crippen LogP) is 14.3. The molecule has 0 radical (unpaired) electrons. The molecule has 0 fully saturated rings. The van der Waals surface area contributed by atoms with Crippen molar-refractivity contribution in [2.24, 2.45) is 10.8 Å². The molecule has 3 aromatic carbocycles. The molecule has 0 saturated heterocycles. The van der Waals surface area contributed by atoms with E-state index in [-0.39, 0.29) is 10.8 Å². The summed E-state index contributed by atoms with van der Waals surface area (Å²) in [5.41, 5.74) is 19.7. The fourth-order valence-corrected chi connectivity index (χ4v) is 10.8. The highest BCUT2D eigenvalue weighted by Gasteiger charge is 2.34. The summed E-state index contributed by atoms with van der Waals surface area (Å²) in [4.78, 5) is 5.21. The summed E-state index contributed by atoms with van der Waals surface area (Å²) >= 11 is 3.50. The van der Waals surface area contributed by atoms with Crippen molar-refractivity contribution >= 4 is 44.4 Å². The van der Waals surface area contributed by atoms with Crippen molar-refractivity contribution in [3.05, 3.63) is 147 Å². The number of rotatable bonds is 7. The van der Waals surface area contributed by atoms with E-state index in [1.807, 2.05) is 0 Å². The molecule has 9 rings (SSSR count). The average molecular weight is 864 g/mol. The molecule has 0 saturated carbocycles. The molecule has 5 aliphatic heterocycles. The fourth-order valence-electron chi connectivity index (χ4n) is 10.4. The van der Waals surface area contributed by atoms with Gasteiger partial charge >= 0.3 is 0 Å². The SMILES string of the molecule is C=C(/C=C(/C=C/C1=C(c2ccccc2)C(=C/C=C2\C=C(C(C)(C)C)Oc3c2cc2c4c3CCCN4CCC2)/CCC1)c1cc2c3c(c1OBr)CCCN3CCC2)C(C)(C)C. The van der Waals surface area contributed by atoms with Crippen LogP contribution in [0.15, 0.2) is 108 Å². The van der Waals surface area contributed by atoms with Gasteiger partial charge in [0.2, 0.25) is 0 Å². The maximum absolute atomic E-state index is 6.93. The zero-order valence-corrected chi connectivity index (χ0v) is 38.5. The monoisotopic (exact) mass is 862 g/mol. The number of halogens is 1. The molecule has 4 nitrogen and oxygen atoms in total. The van der Waals surface area contributed by atoms with E-state index in [9.17, 15) is 0 Å². The van der Waals surface area contributed by atoms with Crippen LogP contribution in [0.25, 0.3) is 16.7 Å². The second kappa shape index (κ2) is 16.4. The predicted molar refractivity (Wildman–Crippen MR) is 257 cm³/mol. The van der Waals surface area contributed by atoms with Gasteiger partial charge in [-0.05, 0) is 144 Å². The number of anilines is 2. The smallest absolute Gasteiger partial charge is 0.179 e. The minimum absolute atomic E-state index is 0.0724. The van der Waals surface area contributed by atoms with Crippen LogP contribution in [-0.4, -0.2) is 26.2 Å². The fraction of sp³-hybridized carbons (Fsp3) is 0.418. The lowest BCUT2D eigenvalue weighted by Crippen LogP contribution is -2.35. The van der Waals surface area contributed by atoms with Crippen LogP contribution in [0.5, 0.6) is 11.5 Å². The zero-order valence-electron chi connectivity index (χ0n) is 36.9. The van der Waals surface area contributed by atoms with Crippen LogP contribution in [0.4, 0.5) is 11.4 Å². The van der Waals surface area contributed by atoms with E-state index in [2.05, 4.69) is 153 Å². The van der Waals surface area contributed by atoms with Gasteiger partial charge in [0.1, 0.15) is 17.3 Å². The first-order valence-corrected chi connectivity index (χ1v) is 23.4. The molecule has 1 aliphatic carbocycles. The number of allylic oxidation sites excluding steroid dienone is 13. The molecule has 6 aliphatic rings. The number of benzene rings is 3. The summed E-state index contributed by atoms with van der Waals surface area (Å²) in [5.74, 6) is 3.09. The maximum atomic E-state index is 6.93. The van der Waals surface area contributed by atoms with Gasteiger partial charge in [-0.2, -0.15) is 0 Å². The van der Waals surface area contributed by atoms with Gasteiger partial charge in [0.05, 0.1) is 0 Å². The van der Waals surface area contributed by atoms with Gasteiger partial charge in [0.15, 0.2) is 16.3 Å². The van der Waals surface area contributed by atoms with E-state index in [0.29, 0.717) is 0 Å². The highest BCUT2D eigenvalue weighted by molar-refractivity contribution is 9.06. The highest BCUT2D eigenvalue weighted by Crippen LogP contribution is 2.50. The van der Waals surface area contributed by atoms with Crippen LogP contribution >= 0.6 is 16.3 Å². The lowest BCUT2D eigenvalue weighted by Gasteiger charge is -2.40. The van der Waals surface area contributed by atoms with E-state index >= 15 is 0 Å². The molecule has 3 aromatic rings. The Kier molecular flexibility index (Phi) is 11.2. The second-order valence-electron chi connectivity index (χ2n) is 19.9. The zero-order chi connectivity index (χ0) is 41.8. The Morgan fingerprint density at radius 2 is 1.42 bits per heavy atom. The highest BCUT2D eigenvalue weighted by atomic mass is 79.9. The minimum atomic E-state index is -0.114. The number of hydrogen-bond acceptors (Lipinski definition) is 4. The number of ether oxygens (including phenoxy) is 1. The summed E-state index contributed by atoms with van der Waals surface area (Å²) in [6.45, 7) is 22.7. The normalized spacial score (nSPS) is 20.5. The van der Waals surface area contributed by atoms with E-state index in [0.717, 1.165) is 112 Å². The molecule has 0 atom stereocenters. The summed E-state index contributed by atoms with van der Waals surface area (Å²) in [6.07, 6.45) is 26.5. The molecule has 312 valence electrons. The van der Waals surface area contributed by atoms with E-state index in [4.69, 9.17) is 8.57 Å². The van der Waals surface area contributed by atoms with E-state index < -0.39 is 0 Å². The minimum Gasteiger partial charge on any atom is -0.460 e. The third-order valence-electron chi connectivity index (χ3n) is 13.7. The van der Waals surface area contributed by atoms with Gasteiger partial charge in [-0.3, -0.25) is 0 Å². The van der Waals surface area contributed by atoms with Crippen LogP contribution in [0, 0.1) is 10.8 Å². The van der Waals surface area contributed by atoms with Crippen molar-refractivity contribution in [3.63, 3.8) is 0 Å². The molecule has 60 heavy (non-hydrogen) atoms. The lowest BCUT2D eigenvalue weighted by atomic mass is 9.81. The second-order valence-corrected chi connectivity index (χ2v) is 20.3. The van der Waals surface area contributed by atoms with E-state index in [1.165, 1.54) is 86.3 Å². The average Bonchev–Trinajstić information content (AvgIpc) is 3.24. The third kappa shape index (κ3) is 7.81. The van der Waals surface area contributed by atoms with E-state index in [1.54, 1.807) is 0 Å². The Morgan fingerprint density at radius 3 is 2.08 bits per heavy atom. The van der Waals surface area contributed by atoms with Gasteiger partial charge in [0, 0.05) is 65.2 Å². The summed E-state index contributed by atoms with van der Waals surface area (Å²) < 4.78 is 13.1. The molecular weight excluding hydrogens is 801 g/mol. The molecule has 0 aromatic heterocycles. The van der Waals surface area contributed by atoms with Gasteiger partial charge in [0.25, 0.3) is 0 Å². The van der Waals surface area contributed by atoms with Crippen LogP contribution in [-0.2, 0) is 25.7 Å². The Balaban J connectivity index is 1.18. The third-order valence-corrected chi connectivity index (χ3v) is 14.0. The standard InChI is InChI=1S/C55H63BrN2O2/c1-36(54(2,3)4)32-40(47-34-43-21-13-29-58-31-15-23-45(51(43)58)53(47)60-56)26-24-38-18-11-19-39(49(38)37-16-9-8-10-17-37)25-27-41-35-48(55(5,6)7)59-52-44-22-14-30-57-28-12-20-42(50(44)57)33-46(41)52/h8-10,16-17,24-27,32-35H,1,11-15,18-23,28-31H2,2-7H3/b26-24+,39-25+,40-32-,41-27+. The van der Waals surface area contributed by atoms with Crippen molar-refractivity contribution in [3.8, 4) is 11.5 Å².